The van der Waals surface area contributed by atoms with Crippen LogP contribution in [0.25, 0.3) is 0 Å². The maximum Gasteiger partial charge on any atom is 0.191 e. The van der Waals surface area contributed by atoms with E-state index in [2.05, 4.69) is 33.6 Å². The first-order valence-corrected chi connectivity index (χ1v) is 8.18. The molecule has 0 saturated heterocycles. The van der Waals surface area contributed by atoms with E-state index in [4.69, 9.17) is 4.74 Å². The number of benzene rings is 1. The molecule has 3 rings (SSSR count). The lowest BCUT2D eigenvalue weighted by Crippen LogP contribution is -2.40. The molecule has 1 aliphatic heterocycles. The summed E-state index contributed by atoms with van der Waals surface area (Å²) in [6.07, 6.45) is 2.82. The third kappa shape index (κ3) is 4.57. The largest absolute Gasteiger partial charge is 0.493 e. The van der Waals surface area contributed by atoms with Gasteiger partial charge in [-0.3, -0.25) is 4.99 Å². The number of halogens is 1. The second-order valence-electron chi connectivity index (χ2n) is 5.16. The fourth-order valence-corrected chi connectivity index (χ4v) is 3.22. The molecule has 0 aliphatic carbocycles. The summed E-state index contributed by atoms with van der Waals surface area (Å²) in [5.41, 5.74) is 1.18. The molecule has 2 aromatic rings. The predicted molar refractivity (Wildman–Crippen MR) is 105 cm³/mol. The number of aryl methyl sites for hydroxylation is 1. The summed E-state index contributed by atoms with van der Waals surface area (Å²) in [6.45, 7) is 3.47. The highest BCUT2D eigenvalue weighted by Crippen LogP contribution is 2.31. The first-order valence-electron chi connectivity index (χ1n) is 7.36. The van der Waals surface area contributed by atoms with Crippen molar-refractivity contribution >= 4 is 41.3 Å². The number of guanidine groups is 1. The van der Waals surface area contributed by atoms with Crippen molar-refractivity contribution in [2.24, 2.45) is 4.99 Å². The minimum absolute atomic E-state index is 0. The Morgan fingerprint density at radius 3 is 3.00 bits per heavy atom. The number of aromatic nitrogens is 1. The van der Waals surface area contributed by atoms with E-state index in [0.29, 0.717) is 6.54 Å². The van der Waals surface area contributed by atoms with Crippen LogP contribution in [-0.4, -0.2) is 24.6 Å². The van der Waals surface area contributed by atoms with Crippen molar-refractivity contribution in [2.45, 2.75) is 25.9 Å². The SMILES string of the molecule is CN=C(NCc1ncc(C)s1)NC1CCOc2ccccc21.I. The molecule has 1 aliphatic rings. The second kappa shape index (κ2) is 8.49. The molecule has 124 valence electrons. The van der Waals surface area contributed by atoms with Crippen LogP contribution in [0.2, 0.25) is 0 Å². The molecule has 1 atom stereocenters. The molecule has 2 N–H and O–H groups in total. The summed E-state index contributed by atoms with van der Waals surface area (Å²) in [6, 6.07) is 8.37. The minimum Gasteiger partial charge on any atom is -0.493 e. The maximum atomic E-state index is 5.69. The Labute approximate surface area is 157 Å². The number of ether oxygens (including phenoxy) is 1. The van der Waals surface area contributed by atoms with Gasteiger partial charge in [-0.05, 0) is 13.0 Å². The van der Waals surface area contributed by atoms with Gasteiger partial charge in [0.1, 0.15) is 10.8 Å². The van der Waals surface area contributed by atoms with Gasteiger partial charge < -0.3 is 15.4 Å². The average Bonchev–Trinajstić information content (AvgIpc) is 2.97. The molecule has 1 aromatic carbocycles. The number of nitrogens with one attached hydrogen (secondary N) is 2. The van der Waals surface area contributed by atoms with Gasteiger partial charge in [0.05, 0.1) is 19.2 Å². The van der Waals surface area contributed by atoms with E-state index in [0.717, 1.165) is 29.7 Å². The predicted octanol–water partition coefficient (Wildman–Crippen LogP) is 3.26. The summed E-state index contributed by atoms with van der Waals surface area (Å²) in [5.74, 6) is 1.74. The number of hydrogen-bond acceptors (Lipinski definition) is 4. The van der Waals surface area contributed by atoms with Gasteiger partial charge in [0.25, 0.3) is 0 Å². The molecule has 0 amide bonds. The van der Waals surface area contributed by atoms with Crippen LogP contribution in [0.5, 0.6) is 5.75 Å². The molecule has 7 heteroatoms. The average molecular weight is 444 g/mol. The lowest BCUT2D eigenvalue weighted by Gasteiger charge is -2.27. The molecule has 0 saturated carbocycles. The van der Waals surface area contributed by atoms with Gasteiger partial charge in [-0.2, -0.15) is 0 Å². The zero-order chi connectivity index (χ0) is 15.4. The Hall–Kier alpha value is -1.35. The van der Waals surface area contributed by atoms with E-state index < -0.39 is 0 Å². The molecule has 0 radical (unpaired) electrons. The Kier molecular flexibility index (Phi) is 6.64. The van der Waals surface area contributed by atoms with E-state index in [9.17, 15) is 0 Å². The van der Waals surface area contributed by atoms with Gasteiger partial charge in [-0.15, -0.1) is 35.3 Å². The molecule has 0 fully saturated rings. The highest BCUT2D eigenvalue weighted by Gasteiger charge is 2.21. The molecular formula is C16H21IN4OS. The molecule has 1 unspecified atom stereocenters. The van der Waals surface area contributed by atoms with E-state index >= 15 is 0 Å². The normalized spacial score (nSPS) is 16.8. The first-order chi connectivity index (χ1) is 10.8. The number of hydrogen-bond donors (Lipinski definition) is 2. The topological polar surface area (TPSA) is 58.5 Å². The summed E-state index contributed by atoms with van der Waals surface area (Å²) in [5, 5.41) is 7.86. The summed E-state index contributed by atoms with van der Waals surface area (Å²) in [4.78, 5) is 9.89. The lowest BCUT2D eigenvalue weighted by molar-refractivity contribution is 0.261. The monoisotopic (exact) mass is 444 g/mol. The number of para-hydroxylation sites is 1. The Morgan fingerprint density at radius 1 is 1.43 bits per heavy atom. The highest BCUT2D eigenvalue weighted by molar-refractivity contribution is 14.0. The standard InChI is InChI=1S/C16H20N4OS.HI/c1-11-9-18-15(22-11)10-19-16(17-2)20-13-7-8-21-14-6-4-3-5-12(13)14;/h3-6,9,13H,7-8,10H2,1-2H3,(H2,17,19,20);1H. The summed E-state index contributed by atoms with van der Waals surface area (Å²) in [7, 11) is 1.79. The molecule has 0 bridgehead atoms. The van der Waals surface area contributed by atoms with Crippen LogP contribution in [-0.2, 0) is 6.54 Å². The number of fused-ring (bicyclic) bond motifs is 1. The van der Waals surface area contributed by atoms with Crippen molar-refractivity contribution in [3.63, 3.8) is 0 Å². The van der Waals surface area contributed by atoms with Crippen LogP contribution in [0.3, 0.4) is 0 Å². The smallest absolute Gasteiger partial charge is 0.191 e. The van der Waals surface area contributed by atoms with Gasteiger partial charge in [-0.1, -0.05) is 18.2 Å². The van der Waals surface area contributed by atoms with E-state index in [1.54, 1.807) is 18.4 Å². The van der Waals surface area contributed by atoms with Crippen LogP contribution >= 0.6 is 35.3 Å². The molecular weight excluding hydrogens is 423 g/mol. The number of rotatable bonds is 3. The maximum absolute atomic E-state index is 5.69. The van der Waals surface area contributed by atoms with E-state index in [-0.39, 0.29) is 30.0 Å². The van der Waals surface area contributed by atoms with Crippen LogP contribution < -0.4 is 15.4 Å². The number of thiazole rings is 1. The van der Waals surface area contributed by atoms with E-state index in [1.807, 2.05) is 24.4 Å². The van der Waals surface area contributed by atoms with Gasteiger partial charge in [0.2, 0.25) is 0 Å². The van der Waals surface area contributed by atoms with Crippen molar-refractivity contribution in [2.75, 3.05) is 13.7 Å². The third-order valence-corrected chi connectivity index (χ3v) is 4.48. The van der Waals surface area contributed by atoms with Crippen LogP contribution in [0, 0.1) is 6.92 Å². The van der Waals surface area contributed by atoms with E-state index in [1.165, 1.54) is 10.4 Å². The molecule has 1 aromatic heterocycles. The summed E-state index contributed by atoms with van der Waals surface area (Å²) < 4.78 is 5.69. The van der Waals surface area contributed by atoms with Gasteiger partial charge in [0.15, 0.2) is 5.96 Å². The van der Waals surface area contributed by atoms with Crippen molar-refractivity contribution in [3.05, 3.63) is 45.9 Å². The fraction of sp³-hybridized carbons (Fsp3) is 0.375. The minimum atomic E-state index is 0. The highest BCUT2D eigenvalue weighted by atomic mass is 127. The van der Waals surface area contributed by atoms with Gasteiger partial charge in [-0.25, -0.2) is 4.98 Å². The molecule has 2 heterocycles. The molecule has 0 spiro atoms. The number of nitrogens with zero attached hydrogens (tertiary/aromatic N) is 2. The number of aliphatic imine (C=N–C) groups is 1. The zero-order valence-electron chi connectivity index (χ0n) is 13.2. The van der Waals surface area contributed by atoms with Crippen molar-refractivity contribution in [1.29, 1.82) is 0 Å². The second-order valence-corrected chi connectivity index (χ2v) is 6.48. The van der Waals surface area contributed by atoms with Gasteiger partial charge >= 0.3 is 0 Å². The van der Waals surface area contributed by atoms with Crippen LogP contribution in [0.1, 0.15) is 27.9 Å². The Morgan fingerprint density at radius 2 is 2.26 bits per heavy atom. The first kappa shape index (κ1) is 18.0. The van der Waals surface area contributed by atoms with Crippen molar-refractivity contribution < 1.29 is 4.74 Å². The fourth-order valence-electron chi connectivity index (χ4n) is 2.49. The summed E-state index contributed by atoms with van der Waals surface area (Å²) >= 11 is 1.70. The zero-order valence-corrected chi connectivity index (χ0v) is 16.4. The van der Waals surface area contributed by atoms with Crippen LogP contribution in [0.4, 0.5) is 0 Å². The third-order valence-electron chi connectivity index (χ3n) is 3.57. The Balaban J connectivity index is 0.00000192. The van der Waals surface area contributed by atoms with Crippen molar-refractivity contribution in [1.82, 2.24) is 15.6 Å². The molecule has 5 nitrogen and oxygen atoms in total. The van der Waals surface area contributed by atoms with Crippen LogP contribution in [0.15, 0.2) is 35.5 Å². The Bertz CT molecular complexity index is 674. The molecule has 23 heavy (non-hydrogen) atoms. The quantitative estimate of drug-likeness (QED) is 0.434. The van der Waals surface area contributed by atoms with Crippen molar-refractivity contribution in [3.8, 4) is 5.75 Å². The van der Waals surface area contributed by atoms with Gasteiger partial charge in [0, 0.05) is 30.1 Å². The lowest BCUT2D eigenvalue weighted by atomic mass is 10.0.